The smallest absolute Gasteiger partial charge is 0.242 e. The molecule has 1 fully saturated rings. The molecule has 0 atom stereocenters. The lowest BCUT2D eigenvalue weighted by molar-refractivity contribution is -0.138. The number of carbonyl (C=O) groups excluding carboxylic acids is 1. The first-order valence-electron chi connectivity index (χ1n) is 7.32. The molecular formula is C15H25N3OS. The van der Waals surface area contributed by atoms with Crippen molar-refractivity contribution in [1.82, 2.24) is 15.1 Å². The van der Waals surface area contributed by atoms with Gasteiger partial charge in [-0.1, -0.05) is 13.0 Å². The molecule has 0 unspecified atom stereocenters. The van der Waals surface area contributed by atoms with Crippen LogP contribution in [0.3, 0.4) is 0 Å². The van der Waals surface area contributed by atoms with Crippen LogP contribution in [0.5, 0.6) is 0 Å². The molecule has 1 aromatic heterocycles. The molecule has 0 spiro atoms. The number of likely N-dealkylation sites (N-methyl/N-ethyl adjacent to an activating group) is 1. The van der Waals surface area contributed by atoms with E-state index in [1.165, 1.54) is 4.88 Å². The maximum Gasteiger partial charge on any atom is 0.242 e. The molecule has 20 heavy (non-hydrogen) atoms. The second kappa shape index (κ2) is 6.70. The summed E-state index contributed by atoms with van der Waals surface area (Å²) >= 11 is 1.80. The second-order valence-electron chi connectivity index (χ2n) is 5.80. The summed E-state index contributed by atoms with van der Waals surface area (Å²) in [7, 11) is 0. The third kappa shape index (κ3) is 3.81. The minimum Gasteiger partial charge on any atom is -0.339 e. The monoisotopic (exact) mass is 295 g/mol. The van der Waals surface area contributed by atoms with Gasteiger partial charge in [-0.15, -0.1) is 11.3 Å². The van der Waals surface area contributed by atoms with E-state index in [4.69, 9.17) is 0 Å². The van der Waals surface area contributed by atoms with Crippen molar-refractivity contribution in [2.45, 2.75) is 32.9 Å². The molecule has 0 aliphatic carbocycles. The summed E-state index contributed by atoms with van der Waals surface area (Å²) in [6, 6.07) is 4.27. The molecule has 1 N–H and O–H groups in total. The van der Waals surface area contributed by atoms with Gasteiger partial charge in [0.05, 0.1) is 5.54 Å². The van der Waals surface area contributed by atoms with E-state index in [-0.39, 0.29) is 5.91 Å². The van der Waals surface area contributed by atoms with Crippen LogP contribution in [0.4, 0.5) is 0 Å². The van der Waals surface area contributed by atoms with E-state index < -0.39 is 5.54 Å². The normalized spacial score (nSPS) is 17.4. The van der Waals surface area contributed by atoms with Crippen molar-refractivity contribution >= 4 is 17.2 Å². The predicted molar refractivity (Wildman–Crippen MR) is 83.9 cm³/mol. The fraction of sp³-hybridized carbons (Fsp3) is 0.667. The van der Waals surface area contributed by atoms with Crippen molar-refractivity contribution in [2.24, 2.45) is 0 Å². The number of hydrogen-bond donors (Lipinski definition) is 1. The number of amides is 1. The molecule has 0 saturated carbocycles. The molecule has 2 rings (SSSR count). The Kier molecular flexibility index (Phi) is 5.18. The van der Waals surface area contributed by atoms with Gasteiger partial charge in [0, 0.05) is 37.6 Å². The summed E-state index contributed by atoms with van der Waals surface area (Å²) in [6.07, 6.45) is 0. The number of nitrogens with one attached hydrogen (secondary N) is 1. The quantitative estimate of drug-likeness (QED) is 0.899. The lowest BCUT2D eigenvalue weighted by Gasteiger charge is -2.38. The van der Waals surface area contributed by atoms with E-state index in [2.05, 4.69) is 27.7 Å². The molecule has 1 aromatic rings. The molecule has 0 aromatic carbocycles. The second-order valence-corrected chi connectivity index (χ2v) is 6.84. The number of thiophene rings is 1. The molecule has 1 saturated heterocycles. The molecule has 0 radical (unpaired) electrons. The van der Waals surface area contributed by atoms with Gasteiger partial charge in [0.1, 0.15) is 0 Å². The van der Waals surface area contributed by atoms with Crippen LogP contribution in [-0.4, -0.2) is 54.0 Å². The van der Waals surface area contributed by atoms with E-state index in [1.54, 1.807) is 11.3 Å². The Balaban J connectivity index is 1.83. The van der Waals surface area contributed by atoms with Crippen molar-refractivity contribution in [3.05, 3.63) is 22.4 Å². The minimum absolute atomic E-state index is 0.218. The molecule has 112 valence electrons. The zero-order valence-corrected chi connectivity index (χ0v) is 13.5. The Morgan fingerprint density at radius 3 is 2.60 bits per heavy atom. The molecular weight excluding hydrogens is 270 g/mol. The highest BCUT2D eigenvalue weighted by Gasteiger charge is 2.32. The Bertz CT molecular complexity index is 422. The summed E-state index contributed by atoms with van der Waals surface area (Å²) in [6.45, 7) is 11.4. The summed E-state index contributed by atoms with van der Waals surface area (Å²) in [5.74, 6) is 0.218. The van der Waals surface area contributed by atoms with Gasteiger partial charge in [-0.25, -0.2) is 0 Å². The zero-order valence-electron chi connectivity index (χ0n) is 12.7. The van der Waals surface area contributed by atoms with E-state index >= 15 is 0 Å². The predicted octanol–water partition coefficient (Wildman–Crippen LogP) is 1.78. The maximum absolute atomic E-state index is 12.5. The highest BCUT2D eigenvalue weighted by molar-refractivity contribution is 7.09. The van der Waals surface area contributed by atoms with Crippen molar-refractivity contribution < 1.29 is 4.79 Å². The lowest BCUT2D eigenvalue weighted by Crippen LogP contribution is -2.58. The number of rotatable bonds is 5. The third-order valence-corrected chi connectivity index (χ3v) is 4.63. The summed E-state index contributed by atoms with van der Waals surface area (Å²) < 4.78 is 0. The molecule has 0 bridgehead atoms. The van der Waals surface area contributed by atoms with Crippen LogP contribution in [0.25, 0.3) is 0 Å². The Labute approximate surface area is 125 Å². The summed E-state index contributed by atoms with van der Waals surface area (Å²) in [5, 5.41) is 5.38. The zero-order chi connectivity index (χ0) is 14.6. The highest BCUT2D eigenvalue weighted by Crippen LogP contribution is 2.15. The molecule has 2 heterocycles. The Hall–Kier alpha value is -0.910. The first kappa shape index (κ1) is 15.5. The first-order valence-corrected chi connectivity index (χ1v) is 8.20. The fourth-order valence-corrected chi connectivity index (χ4v) is 3.39. The SMILES string of the molecule is CCNC(C)(C)C(=O)N1CCN(Cc2cccs2)CC1. The van der Waals surface area contributed by atoms with Gasteiger partial charge in [-0.2, -0.15) is 0 Å². The lowest BCUT2D eigenvalue weighted by atomic mass is 10.0. The van der Waals surface area contributed by atoms with Crippen LogP contribution in [-0.2, 0) is 11.3 Å². The summed E-state index contributed by atoms with van der Waals surface area (Å²) in [5.41, 5.74) is -0.454. The largest absolute Gasteiger partial charge is 0.339 e. The van der Waals surface area contributed by atoms with Crippen LogP contribution < -0.4 is 5.32 Å². The minimum atomic E-state index is -0.454. The number of carbonyl (C=O) groups is 1. The van der Waals surface area contributed by atoms with E-state index in [1.807, 2.05) is 25.7 Å². The van der Waals surface area contributed by atoms with Gasteiger partial charge in [0.25, 0.3) is 0 Å². The fourth-order valence-electron chi connectivity index (χ4n) is 2.64. The van der Waals surface area contributed by atoms with Gasteiger partial charge >= 0.3 is 0 Å². The average Bonchev–Trinajstić information content (AvgIpc) is 2.91. The van der Waals surface area contributed by atoms with E-state index in [0.717, 1.165) is 39.3 Å². The van der Waals surface area contributed by atoms with Crippen molar-refractivity contribution in [2.75, 3.05) is 32.7 Å². The standard InChI is InChI=1S/C15H25N3OS/c1-4-16-15(2,3)14(19)18-9-7-17(8-10-18)12-13-6-5-11-20-13/h5-6,11,16H,4,7-10,12H2,1-3H3. The third-order valence-electron chi connectivity index (χ3n) is 3.77. The highest BCUT2D eigenvalue weighted by atomic mass is 32.1. The number of hydrogen-bond acceptors (Lipinski definition) is 4. The van der Waals surface area contributed by atoms with Crippen molar-refractivity contribution in [3.8, 4) is 0 Å². The van der Waals surface area contributed by atoms with Crippen LogP contribution >= 0.6 is 11.3 Å². The molecule has 1 aliphatic rings. The number of nitrogens with zero attached hydrogens (tertiary/aromatic N) is 2. The Morgan fingerprint density at radius 2 is 2.05 bits per heavy atom. The maximum atomic E-state index is 12.5. The topological polar surface area (TPSA) is 35.6 Å². The van der Waals surface area contributed by atoms with Crippen LogP contribution in [0.2, 0.25) is 0 Å². The van der Waals surface area contributed by atoms with Gasteiger partial charge < -0.3 is 10.2 Å². The van der Waals surface area contributed by atoms with Crippen LogP contribution in [0.1, 0.15) is 25.6 Å². The van der Waals surface area contributed by atoms with Gasteiger partial charge in [-0.05, 0) is 31.8 Å². The average molecular weight is 295 g/mol. The first-order chi connectivity index (χ1) is 9.53. The molecule has 1 amide bonds. The van der Waals surface area contributed by atoms with Gasteiger partial charge in [-0.3, -0.25) is 9.69 Å². The molecule has 5 heteroatoms. The summed E-state index contributed by atoms with van der Waals surface area (Å²) in [4.78, 5) is 18.3. The van der Waals surface area contributed by atoms with Gasteiger partial charge in [0.15, 0.2) is 0 Å². The van der Waals surface area contributed by atoms with Crippen LogP contribution in [0.15, 0.2) is 17.5 Å². The molecule has 4 nitrogen and oxygen atoms in total. The molecule has 1 aliphatic heterocycles. The van der Waals surface area contributed by atoms with Crippen molar-refractivity contribution in [3.63, 3.8) is 0 Å². The Morgan fingerprint density at radius 1 is 1.35 bits per heavy atom. The van der Waals surface area contributed by atoms with E-state index in [9.17, 15) is 4.79 Å². The van der Waals surface area contributed by atoms with Gasteiger partial charge in [0.2, 0.25) is 5.91 Å². The van der Waals surface area contributed by atoms with Crippen LogP contribution in [0, 0.1) is 0 Å². The van der Waals surface area contributed by atoms with E-state index in [0.29, 0.717) is 0 Å². The van der Waals surface area contributed by atoms with Crippen molar-refractivity contribution in [1.29, 1.82) is 0 Å². The number of piperazine rings is 1.